The number of carboxylic acid groups (broad SMARTS) is 1. The van der Waals surface area contributed by atoms with Gasteiger partial charge >= 0.3 is 5.97 Å². The van der Waals surface area contributed by atoms with Crippen molar-refractivity contribution in [3.05, 3.63) is 34.1 Å². The third-order valence-electron chi connectivity index (χ3n) is 2.59. The van der Waals surface area contributed by atoms with Crippen LogP contribution in [0.2, 0.25) is 0 Å². The summed E-state index contributed by atoms with van der Waals surface area (Å²) in [6.45, 7) is 1.66. The second-order valence-corrected chi connectivity index (χ2v) is 5.86. The fraction of sp³-hybridized carbons (Fsp3) is 0.364. The van der Waals surface area contributed by atoms with Crippen molar-refractivity contribution in [2.45, 2.75) is 30.7 Å². The van der Waals surface area contributed by atoms with E-state index in [1.54, 1.807) is 6.92 Å². The van der Waals surface area contributed by atoms with Gasteiger partial charge in [0.2, 0.25) is 10.0 Å². The number of nitrogens with zero attached hydrogens (tertiary/aromatic N) is 1. The maximum atomic E-state index is 13.7. The number of hydrogen-bond donors (Lipinski definition) is 2. The number of halogens is 1. The van der Waals surface area contributed by atoms with E-state index in [0.717, 1.165) is 12.1 Å². The number of sulfonamides is 1. The van der Waals surface area contributed by atoms with E-state index >= 15 is 0 Å². The zero-order valence-electron chi connectivity index (χ0n) is 10.9. The number of carbonyl (C=O) groups is 1. The Bertz CT molecular complexity index is 661. The van der Waals surface area contributed by atoms with Crippen LogP contribution in [0.1, 0.15) is 19.8 Å². The van der Waals surface area contributed by atoms with Crippen LogP contribution >= 0.6 is 0 Å². The van der Waals surface area contributed by atoms with Gasteiger partial charge in [-0.25, -0.2) is 12.8 Å². The fourth-order valence-electron chi connectivity index (χ4n) is 1.59. The first-order chi connectivity index (χ1) is 9.69. The van der Waals surface area contributed by atoms with Crippen LogP contribution in [0.3, 0.4) is 0 Å². The average molecular weight is 320 g/mol. The highest BCUT2D eigenvalue weighted by Crippen LogP contribution is 2.20. The molecule has 0 amide bonds. The minimum atomic E-state index is -4.43. The predicted octanol–water partition coefficient (Wildman–Crippen LogP) is 1.27. The molecule has 1 atom stereocenters. The van der Waals surface area contributed by atoms with Gasteiger partial charge in [-0.3, -0.25) is 14.9 Å². The third-order valence-corrected chi connectivity index (χ3v) is 4.09. The van der Waals surface area contributed by atoms with Crippen LogP contribution in [0.4, 0.5) is 10.1 Å². The lowest BCUT2D eigenvalue weighted by molar-refractivity contribution is -0.385. The Morgan fingerprint density at radius 1 is 1.52 bits per heavy atom. The van der Waals surface area contributed by atoms with Gasteiger partial charge in [0.25, 0.3) is 5.69 Å². The number of non-ortho nitro benzene ring substituents is 1. The Morgan fingerprint density at radius 3 is 2.57 bits per heavy atom. The quantitative estimate of drug-likeness (QED) is 0.575. The highest BCUT2D eigenvalue weighted by molar-refractivity contribution is 7.89. The highest BCUT2D eigenvalue weighted by atomic mass is 32.2. The molecule has 10 heteroatoms. The lowest BCUT2D eigenvalue weighted by Gasteiger charge is -2.14. The van der Waals surface area contributed by atoms with Crippen molar-refractivity contribution < 1.29 is 27.6 Å². The van der Waals surface area contributed by atoms with E-state index in [1.807, 2.05) is 4.72 Å². The number of aliphatic carboxylic acids is 1. The topological polar surface area (TPSA) is 127 Å². The Kier molecular flexibility index (Phi) is 5.33. The highest BCUT2D eigenvalue weighted by Gasteiger charge is 2.27. The molecule has 0 aliphatic rings. The first kappa shape index (κ1) is 17.0. The monoisotopic (exact) mass is 320 g/mol. The molecule has 0 saturated heterocycles. The van der Waals surface area contributed by atoms with Gasteiger partial charge in [-0.05, 0) is 12.5 Å². The van der Waals surface area contributed by atoms with Gasteiger partial charge in [-0.1, -0.05) is 13.3 Å². The molecule has 0 saturated carbocycles. The van der Waals surface area contributed by atoms with Crippen LogP contribution < -0.4 is 4.72 Å². The van der Waals surface area contributed by atoms with Gasteiger partial charge in [0.15, 0.2) is 0 Å². The summed E-state index contributed by atoms with van der Waals surface area (Å²) in [5.74, 6) is -2.71. The first-order valence-corrected chi connectivity index (χ1v) is 7.36. The molecule has 2 N–H and O–H groups in total. The molecule has 1 rings (SSSR count). The van der Waals surface area contributed by atoms with Crippen molar-refractivity contribution >= 4 is 21.7 Å². The summed E-state index contributed by atoms with van der Waals surface area (Å²) in [5.41, 5.74) is -0.602. The number of benzene rings is 1. The molecule has 0 unspecified atom stereocenters. The number of nitro groups is 1. The maximum absolute atomic E-state index is 13.7. The van der Waals surface area contributed by atoms with Crippen LogP contribution in [-0.4, -0.2) is 30.5 Å². The minimum absolute atomic E-state index is 0.0309. The summed E-state index contributed by atoms with van der Waals surface area (Å²) >= 11 is 0. The van der Waals surface area contributed by atoms with Gasteiger partial charge in [0, 0.05) is 6.07 Å². The molecule has 0 radical (unpaired) electrons. The lowest BCUT2D eigenvalue weighted by atomic mass is 10.2. The van der Waals surface area contributed by atoms with Crippen molar-refractivity contribution in [3.8, 4) is 0 Å². The zero-order valence-corrected chi connectivity index (χ0v) is 11.8. The Hall–Kier alpha value is -2.07. The fourth-order valence-corrected chi connectivity index (χ4v) is 2.88. The molecule has 0 heterocycles. The first-order valence-electron chi connectivity index (χ1n) is 5.88. The van der Waals surface area contributed by atoms with Gasteiger partial charge in [0.1, 0.15) is 16.8 Å². The van der Waals surface area contributed by atoms with Crippen molar-refractivity contribution in [3.63, 3.8) is 0 Å². The van der Waals surface area contributed by atoms with Crippen LogP contribution in [0.5, 0.6) is 0 Å². The third kappa shape index (κ3) is 4.20. The van der Waals surface area contributed by atoms with E-state index in [4.69, 9.17) is 5.11 Å². The van der Waals surface area contributed by atoms with Crippen molar-refractivity contribution in [2.24, 2.45) is 0 Å². The standard InChI is InChI=1S/C11H13FN2O6S/c1-2-3-9(11(15)16)13-21(19,20)10-5-4-7(14(17)18)6-8(10)12/h4-6,9,13H,2-3H2,1H3,(H,15,16)/t9-/m1/s1. The van der Waals surface area contributed by atoms with E-state index < -0.39 is 43.4 Å². The van der Waals surface area contributed by atoms with Crippen LogP contribution in [0, 0.1) is 15.9 Å². The molecule has 0 fully saturated rings. The van der Waals surface area contributed by atoms with E-state index in [1.165, 1.54) is 0 Å². The second kappa shape index (κ2) is 6.59. The minimum Gasteiger partial charge on any atom is -0.480 e. The maximum Gasteiger partial charge on any atom is 0.321 e. The number of rotatable bonds is 7. The SMILES string of the molecule is CCC[C@@H](NS(=O)(=O)c1ccc([N+](=O)[O-])cc1F)C(=O)O. The second-order valence-electron chi connectivity index (χ2n) is 4.17. The van der Waals surface area contributed by atoms with E-state index in [9.17, 15) is 27.7 Å². The molecule has 1 aromatic carbocycles. The van der Waals surface area contributed by atoms with Crippen LogP contribution in [0.25, 0.3) is 0 Å². The summed E-state index contributed by atoms with van der Waals surface area (Å²) in [6.07, 6.45) is 0.436. The molecule has 0 spiro atoms. The molecular weight excluding hydrogens is 307 g/mol. The summed E-state index contributed by atoms with van der Waals surface area (Å²) in [4.78, 5) is 19.7. The molecule has 0 aliphatic heterocycles. The van der Waals surface area contributed by atoms with Gasteiger partial charge in [0.05, 0.1) is 11.0 Å². The Balaban J connectivity index is 3.13. The summed E-state index contributed by atoms with van der Waals surface area (Å²) in [6, 6.07) is 0.618. The summed E-state index contributed by atoms with van der Waals surface area (Å²) in [5, 5.41) is 19.4. The van der Waals surface area contributed by atoms with Crippen LogP contribution in [0.15, 0.2) is 23.1 Å². The van der Waals surface area contributed by atoms with Crippen molar-refractivity contribution in [1.29, 1.82) is 0 Å². The molecule has 21 heavy (non-hydrogen) atoms. The molecule has 0 aliphatic carbocycles. The smallest absolute Gasteiger partial charge is 0.321 e. The van der Waals surface area contributed by atoms with E-state index in [2.05, 4.69) is 0 Å². The van der Waals surface area contributed by atoms with E-state index in [-0.39, 0.29) is 6.42 Å². The number of nitro benzene ring substituents is 1. The normalized spacial score (nSPS) is 12.9. The van der Waals surface area contributed by atoms with Gasteiger partial charge in [-0.15, -0.1) is 0 Å². The van der Waals surface area contributed by atoms with E-state index in [0.29, 0.717) is 12.5 Å². The zero-order chi connectivity index (χ0) is 16.2. The summed E-state index contributed by atoms with van der Waals surface area (Å²) < 4.78 is 39.4. The van der Waals surface area contributed by atoms with Crippen molar-refractivity contribution in [1.82, 2.24) is 4.72 Å². The Labute approximate surface area is 119 Å². The average Bonchev–Trinajstić information content (AvgIpc) is 2.37. The molecule has 8 nitrogen and oxygen atoms in total. The van der Waals surface area contributed by atoms with Gasteiger partial charge < -0.3 is 5.11 Å². The van der Waals surface area contributed by atoms with Crippen LogP contribution in [-0.2, 0) is 14.8 Å². The number of nitrogens with one attached hydrogen (secondary N) is 1. The molecule has 1 aromatic rings. The predicted molar refractivity (Wildman–Crippen MR) is 69.7 cm³/mol. The van der Waals surface area contributed by atoms with Crippen molar-refractivity contribution in [2.75, 3.05) is 0 Å². The molecular formula is C11H13FN2O6S. The largest absolute Gasteiger partial charge is 0.480 e. The Morgan fingerprint density at radius 2 is 2.14 bits per heavy atom. The lowest BCUT2D eigenvalue weighted by Crippen LogP contribution is -2.40. The van der Waals surface area contributed by atoms with Gasteiger partial charge in [-0.2, -0.15) is 4.72 Å². The summed E-state index contributed by atoms with van der Waals surface area (Å²) in [7, 11) is -4.43. The molecule has 0 bridgehead atoms. The molecule has 116 valence electrons. The number of hydrogen-bond acceptors (Lipinski definition) is 5. The molecule has 0 aromatic heterocycles. The number of carboxylic acids is 1.